The van der Waals surface area contributed by atoms with Gasteiger partial charge in [0.05, 0.1) is 6.04 Å². The lowest BCUT2D eigenvalue weighted by Gasteiger charge is -2.48. The molecule has 0 radical (unpaired) electrons. The Kier molecular flexibility index (Phi) is 4.32. The van der Waals surface area contributed by atoms with Gasteiger partial charge < -0.3 is 10.8 Å². The second-order valence-electron chi connectivity index (χ2n) is 7.38. The summed E-state index contributed by atoms with van der Waals surface area (Å²) in [5.41, 5.74) is 6.95. The Balaban J connectivity index is 1.59. The molecule has 8 nitrogen and oxygen atoms in total. The Hall–Kier alpha value is -2.19. The van der Waals surface area contributed by atoms with Crippen LogP contribution in [-0.2, 0) is 14.4 Å². The molecule has 2 atom stereocenters. The fourth-order valence-corrected chi connectivity index (χ4v) is 4.44. The minimum Gasteiger partial charge on any atom is -0.477 e. The van der Waals surface area contributed by atoms with E-state index in [1.54, 1.807) is 11.1 Å². The number of piperidine rings is 1. The van der Waals surface area contributed by atoms with Crippen LogP contribution in [0.2, 0.25) is 0 Å². The van der Waals surface area contributed by atoms with Crippen LogP contribution in [-0.4, -0.2) is 69.5 Å². The Bertz CT molecular complexity index is 723. The van der Waals surface area contributed by atoms with Crippen molar-refractivity contribution in [2.75, 3.05) is 19.6 Å². The smallest absolute Gasteiger partial charge is 0.352 e. The lowest BCUT2D eigenvalue weighted by molar-refractivity contribution is -0.152. The third-order valence-corrected chi connectivity index (χ3v) is 5.85. The topological polar surface area (TPSA) is 107 Å². The van der Waals surface area contributed by atoms with E-state index < -0.39 is 12.0 Å². The first-order chi connectivity index (χ1) is 12.5. The molecule has 0 aliphatic carbocycles. The van der Waals surface area contributed by atoms with Crippen molar-refractivity contribution in [3.05, 3.63) is 22.9 Å². The van der Waals surface area contributed by atoms with Gasteiger partial charge in [-0.2, -0.15) is 0 Å². The van der Waals surface area contributed by atoms with E-state index in [1.165, 1.54) is 11.3 Å². The van der Waals surface area contributed by atoms with E-state index in [0.29, 0.717) is 37.0 Å². The highest BCUT2D eigenvalue weighted by molar-refractivity contribution is 6.01. The molecule has 0 bridgehead atoms. The Morgan fingerprint density at radius 1 is 1.12 bits per heavy atom. The van der Waals surface area contributed by atoms with Gasteiger partial charge in [0.1, 0.15) is 11.7 Å². The Morgan fingerprint density at radius 2 is 1.85 bits per heavy atom. The van der Waals surface area contributed by atoms with Crippen molar-refractivity contribution >= 4 is 17.8 Å². The van der Waals surface area contributed by atoms with Crippen LogP contribution >= 0.6 is 0 Å². The van der Waals surface area contributed by atoms with Crippen LogP contribution in [0.25, 0.3) is 0 Å². The quantitative estimate of drug-likeness (QED) is 0.551. The number of hydrogen-bond acceptors (Lipinski definition) is 5. The normalized spacial score (nSPS) is 31.5. The van der Waals surface area contributed by atoms with Crippen LogP contribution in [0.1, 0.15) is 38.5 Å². The number of carboxylic acid groups (broad SMARTS) is 1. The van der Waals surface area contributed by atoms with Crippen molar-refractivity contribution in [2.45, 2.75) is 50.6 Å². The average molecular weight is 360 g/mol. The average Bonchev–Trinajstić information content (AvgIpc) is 3.01. The molecule has 4 rings (SSSR count). The third kappa shape index (κ3) is 2.64. The molecule has 0 saturated carbocycles. The van der Waals surface area contributed by atoms with E-state index in [0.717, 1.165) is 25.9 Å². The number of hydrogen-bond donors (Lipinski definition) is 2. The van der Waals surface area contributed by atoms with Crippen LogP contribution in [0, 0.1) is 0 Å². The van der Waals surface area contributed by atoms with Crippen LogP contribution < -0.4 is 5.73 Å². The molecule has 4 heterocycles. The SMILES string of the molecule is N[C@@H]1C(=O)N2C(C(=O)O)=C(C=C3CCN(N4CCCCC4)C3=O)CC[C@H]12. The van der Waals surface area contributed by atoms with Crippen molar-refractivity contribution in [3.63, 3.8) is 0 Å². The molecule has 0 aromatic heterocycles. The molecular formula is C18H24N4O4. The van der Waals surface area contributed by atoms with E-state index in [9.17, 15) is 19.5 Å². The standard InChI is InChI=1S/C18H24N4O4/c19-14-13-5-4-11(15(18(25)26)22(13)17(14)24)10-12-6-9-21(16(12)23)20-7-2-1-3-8-20/h10,13-14H,1-9,19H2,(H,25,26)/t13-,14+/m1/s1. The third-order valence-electron chi connectivity index (χ3n) is 5.85. The number of amides is 2. The number of carbonyl (C=O) groups is 3. The van der Waals surface area contributed by atoms with E-state index in [2.05, 4.69) is 5.01 Å². The van der Waals surface area contributed by atoms with Gasteiger partial charge in [-0.15, -0.1) is 0 Å². The highest BCUT2D eigenvalue weighted by atomic mass is 16.4. The minimum atomic E-state index is -1.14. The Morgan fingerprint density at radius 3 is 2.54 bits per heavy atom. The van der Waals surface area contributed by atoms with E-state index >= 15 is 0 Å². The van der Waals surface area contributed by atoms with Gasteiger partial charge in [0.15, 0.2) is 0 Å². The van der Waals surface area contributed by atoms with Crippen molar-refractivity contribution in [1.29, 1.82) is 0 Å². The number of aliphatic carboxylic acids is 1. The molecule has 4 aliphatic rings. The highest BCUT2D eigenvalue weighted by Gasteiger charge is 2.50. The van der Waals surface area contributed by atoms with Gasteiger partial charge in [0, 0.05) is 25.2 Å². The van der Waals surface area contributed by atoms with Gasteiger partial charge in [-0.05, 0) is 43.8 Å². The van der Waals surface area contributed by atoms with Crippen LogP contribution in [0.5, 0.6) is 0 Å². The van der Waals surface area contributed by atoms with Crippen molar-refractivity contribution < 1.29 is 19.5 Å². The number of allylic oxidation sites excluding steroid dienone is 2. The molecule has 3 saturated heterocycles. The number of carbonyl (C=O) groups excluding carboxylic acids is 2. The lowest BCUT2D eigenvalue weighted by atomic mass is 9.83. The second kappa shape index (κ2) is 6.51. The summed E-state index contributed by atoms with van der Waals surface area (Å²) in [5.74, 6) is -1.53. The minimum absolute atomic E-state index is 0.00956. The van der Waals surface area contributed by atoms with Gasteiger partial charge in [0.2, 0.25) is 5.91 Å². The molecule has 26 heavy (non-hydrogen) atoms. The number of nitrogens with two attached hydrogens (primary N) is 1. The van der Waals surface area contributed by atoms with Crippen molar-refractivity contribution in [3.8, 4) is 0 Å². The Labute approximate surface area is 151 Å². The number of rotatable bonds is 3. The first-order valence-electron chi connectivity index (χ1n) is 9.31. The zero-order valence-electron chi connectivity index (χ0n) is 14.7. The van der Waals surface area contributed by atoms with Gasteiger partial charge in [0.25, 0.3) is 5.91 Å². The molecule has 2 amide bonds. The zero-order chi connectivity index (χ0) is 18.4. The summed E-state index contributed by atoms with van der Waals surface area (Å²) in [6, 6.07) is -0.846. The van der Waals surface area contributed by atoms with E-state index in [4.69, 9.17) is 5.73 Å². The van der Waals surface area contributed by atoms with Crippen LogP contribution in [0.15, 0.2) is 22.9 Å². The maximum absolute atomic E-state index is 12.8. The maximum Gasteiger partial charge on any atom is 0.352 e. The second-order valence-corrected chi connectivity index (χ2v) is 7.38. The van der Waals surface area contributed by atoms with E-state index in [1.807, 2.05) is 0 Å². The first-order valence-corrected chi connectivity index (χ1v) is 9.31. The molecule has 0 spiro atoms. The van der Waals surface area contributed by atoms with Gasteiger partial charge in [-0.25, -0.2) is 9.80 Å². The van der Waals surface area contributed by atoms with Gasteiger partial charge in [-0.3, -0.25) is 19.5 Å². The van der Waals surface area contributed by atoms with Crippen molar-refractivity contribution in [2.24, 2.45) is 5.73 Å². The maximum atomic E-state index is 12.8. The number of fused-ring (bicyclic) bond motifs is 1. The van der Waals surface area contributed by atoms with Crippen LogP contribution in [0.4, 0.5) is 0 Å². The fourth-order valence-electron chi connectivity index (χ4n) is 4.44. The monoisotopic (exact) mass is 360 g/mol. The lowest BCUT2D eigenvalue weighted by Crippen LogP contribution is -2.69. The summed E-state index contributed by atoms with van der Waals surface area (Å²) in [5, 5.41) is 13.5. The number of β-lactam (4-membered cyclic amide) rings is 1. The number of nitrogens with zero attached hydrogens (tertiary/aromatic N) is 3. The molecule has 0 unspecified atom stereocenters. The first kappa shape index (κ1) is 17.2. The summed E-state index contributed by atoms with van der Waals surface area (Å²) >= 11 is 0. The predicted molar refractivity (Wildman–Crippen MR) is 92.3 cm³/mol. The summed E-state index contributed by atoms with van der Waals surface area (Å²) in [7, 11) is 0. The van der Waals surface area contributed by atoms with Gasteiger partial charge in [-0.1, -0.05) is 6.42 Å². The highest BCUT2D eigenvalue weighted by Crippen LogP contribution is 2.37. The summed E-state index contributed by atoms with van der Waals surface area (Å²) in [4.78, 5) is 37.8. The predicted octanol–water partition coefficient (Wildman–Crippen LogP) is 0.217. The number of hydrazine groups is 1. The summed E-state index contributed by atoms with van der Waals surface area (Å²) in [6.07, 6.45) is 6.83. The molecule has 0 aromatic rings. The summed E-state index contributed by atoms with van der Waals surface area (Å²) < 4.78 is 0. The molecular weight excluding hydrogens is 336 g/mol. The molecule has 4 aliphatic heterocycles. The zero-order valence-corrected chi connectivity index (χ0v) is 14.7. The molecule has 0 aromatic carbocycles. The number of carboxylic acids is 1. The fraction of sp³-hybridized carbons (Fsp3) is 0.611. The molecule has 3 fully saturated rings. The van der Waals surface area contributed by atoms with Crippen LogP contribution in [0.3, 0.4) is 0 Å². The molecule has 8 heteroatoms. The van der Waals surface area contributed by atoms with E-state index in [-0.39, 0.29) is 23.6 Å². The summed E-state index contributed by atoms with van der Waals surface area (Å²) in [6.45, 7) is 2.42. The molecule has 140 valence electrons. The molecule has 3 N–H and O–H groups in total. The van der Waals surface area contributed by atoms with Crippen molar-refractivity contribution in [1.82, 2.24) is 14.9 Å². The van der Waals surface area contributed by atoms with Gasteiger partial charge >= 0.3 is 5.97 Å². The largest absolute Gasteiger partial charge is 0.477 e.